The Labute approximate surface area is 113 Å². The molecule has 0 bridgehead atoms. The van der Waals surface area contributed by atoms with Gasteiger partial charge in [0, 0.05) is 30.5 Å². The van der Waals surface area contributed by atoms with Crippen LogP contribution in [-0.4, -0.2) is 35.1 Å². The van der Waals surface area contributed by atoms with E-state index in [4.69, 9.17) is 11.6 Å². The Morgan fingerprint density at radius 3 is 2.76 bits per heavy atom. The molecule has 0 fully saturated rings. The van der Waals surface area contributed by atoms with Gasteiger partial charge < -0.3 is 4.90 Å². The predicted molar refractivity (Wildman–Crippen MR) is 77.2 cm³/mol. The fraction of sp³-hybridized carbons (Fsp3) is 0.667. The lowest BCUT2D eigenvalue weighted by atomic mass is 10.2. The summed E-state index contributed by atoms with van der Waals surface area (Å²) in [6, 6.07) is 0.448. The molecule has 1 heterocycles. The van der Waals surface area contributed by atoms with E-state index in [1.807, 2.05) is 31.9 Å². The van der Waals surface area contributed by atoms with Crippen molar-refractivity contribution >= 4 is 29.3 Å². The molecule has 17 heavy (non-hydrogen) atoms. The number of aryl methyl sites for hydroxylation is 1. The van der Waals surface area contributed by atoms with Crippen molar-refractivity contribution in [2.24, 2.45) is 0 Å². The molecule has 0 N–H and O–H groups in total. The first-order chi connectivity index (χ1) is 8.10. The number of halogens is 1. The smallest absolute Gasteiger partial charge is 0.225 e. The zero-order valence-electron chi connectivity index (χ0n) is 10.9. The maximum atomic E-state index is 5.80. The summed E-state index contributed by atoms with van der Waals surface area (Å²) >= 11 is 7.67. The highest BCUT2D eigenvalue weighted by molar-refractivity contribution is 7.98. The lowest BCUT2D eigenvalue weighted by molar-refractivity contribution is 0.652. The van der Waals surface area contributed by atoms with E-state index in [0.717, 1.165) is 29.4 Å². The molecule has 3 nitrogen and oxygen atoms in total. The summed E-state index contributed by atoms with van der Waals surface area (Å²) in [5.41, 5.74) is 1.97. The molecule has 1 aromatic heterocycles. The Morgan fingerprint density at radius 1 is 1.53 bits per heavy atom. The molecule has 1 unspecified atom stereocenters. The second-order valence-electron chi connectivity index (χ2n) is 4.16. The van der Waals surface area contributed by atoms with E-state index in [9.17, 15) is 0 Å². The van der Waals surface area contributed by atoms with E-state index in [0.29, 0.717) is 11.9 Å². The van der Waals surface area contributed by atoms with Gasteiger partial charge in [-0.25, -0.2) is 9.97 Å². The topological polar surface area (TPSA) is 29.0 Å². The predicted octanol–water partition coefficient (Wildman–Crippen LogP) is 3.10. The molecule has 1 rings (SSSR count). The number of alkyl halides is 1. The Hall–Kier alpha value is -0.480. The number of nitrogens with zero attached hydrogens (tertiary/aromatic N) is 3. The largest absolute Gasteiger partial charge is 0.341 e. The van der Waals surface area contributed by atoms with Crippen LogP contribution in [0.3, 0.4) is 0 Å². The van der Waals surface area contributed by atoms with Gasteiger partial charge in [0.15, 0.2) is 0 Å². The standard InChI is InChI=1S/C12H20ClN3S/c1-9(5-6-17-4)16(3)12-14-8-11(7-13)10(2)15-12/h8-9H,5-7H2,1-4H3. The zero-order valence-corrected chi connectivity index (χ0v) is 12.5. The lowest BCUT2D eigenvalue weighted by Crippen LogP contribution is -2.31. The van der Waals surface area contributed by atoms with Crippen molar-refractivity contribution in [2.45, 2.75) is 32.2 Å². The van der Waals surface area contributed by atoms with Gasteiger partial charge in [0.25, 0.3) is 0 Å². The summed E-state index contributed by atoms with van der Waals surface area (Å²) in [5, 5.41) is 0. The molecule has 0 spiro atoms. The van der Waals surface area contributed by atoms with Crippen molar-refractivity contribution in [3.8, 4) is 0 Å². The van der Waals surface area contributed by atoms with Gasteiger partial charge in [0.1, 0.15) is 0 Å². The molecule has 0 amide bonds. The minimum atomic E-state index is 0.448. The second-order valence-corrected chi connectivity index (χ2v) is 5.41. The summed E-state index contributed by atoms with van der Waals surface area (Å²) in [7, 11) is 2.04. The summed E-state index contributed by atoms with van der Waals surface area (Å²) < 4.78 is 0. The van der Waals surface area contributed by atoms with Crippen molar-refractivity contribution in [1.82, 2.24) is 9.97 Å². The third kappa shape index (κ3) is 4.03. The first kappa shape index (κ1) is 14.6. The summed E-state index contributed by atoms with van der Waals surface area (Å²) in [6.45, 7) is 4.17. The molecule has 0 saturated heterocycles. The third-order valence-corrected chi connectivity index (χ3v) is 3.86. The van der Waals surface area contributed by atoms with Gasteiger partial charge in [-0.1, -0.05) is 0 Å². The molecule has 0 aliphatic heterocycles. The SMILES string of the molecule is CSCCC(C)N(C)c1ncc(CCl)c(C)n1. The fourth-order valence-corrected chi connectivity index (χ4v) is 2.30. The highest BCUT2D eigenvalue weighted by Crippen LogP contribution is 2.15. The van der Waals surface area contributed by atoms with Crippen LogP contribution in [0.2, 0.25) is 0 Å². The van der Waals surface area contributed by atoms with Gasteiger partial charge in [-0.3, -0.25) is 0 Å². The minimum Gasteiger partial charge on any atom is -0.341 e. The van der Waals surface area contributed by atoms with Crippen LogP contribution in [0.15, 0.2) is 6.20 Å². The van der Waals surface area contributed by atoms with Crippen LogP contribution in [0.4, 0.5) is 5.95 Å². The molecule has 0 aromatic carbocycles. The summed E-state index contributed by atoms with van der Waals surface area (Å²) in [4.78, 5) is 11.0. The molecule has 0 aliphatic carbocycles. The van der Waals surface area contributed by atoms with Gasteiger partial charge in [-0.05, 0) is 32.3 Å². The maximum Gasteiger partial charge on any atom is 0.225 e. The van der Waals surface area contributed by atoms with Crippen LogP contribution in [0, 0.1) is 6.92 Å². The van der Waals surface area contributed by atoms with Crippen molar-refractivity contribution in [3.63, 3.8) is 0 Å². The molecular weight excluding hydrogens is 254 g/mol. The van der Waals surface area contributed by atoms with E-state index >= 15 is 0 Å². The Kier molecular flexibility index (Phi) is 6.06. The molecular formula is C12H20ClN3S. The van der Waals surface area contributed by atoms with Gasteiger partial charge >= 0.3 is 0 Å². The molecule has 1 aromatic rings. The Balaban J connectivity index is 2.74. The number of aromatic nitrogens is 2. The van der Waals surface area contributed by atoms with Crippen molar-refractivity contribution < 1.29 is 0 Å². The van der Waals surface area contributed by atoms with Crippen LogP contribution in [0.5, 0.6) is 0 Å². The van der Waals surface area contributed by atoms with Crippen LogP contribution >= 0.6 is 23.4 Å². The molecule has 96 valence electrons. The first-order valence-corrected chi connectivity index (χ1v) is 7.63. The van der Waals surface area contributed by atoms with Crippen LogP contribution in [0.25, 0.3) is 0 Å². The highest BCUT2D eigenvalue weighted by Gasteiger charge is 2.13. The highest BCUT2D eigenvalue weighted by atomic mass is 35.5. The lowest BCUT2D eigenvalue weighted by Gasteiger charge is -2.25. The number of hydrogen-bond acceptors (Lipinski definition) is 4. The fourth-order valence-electron chi connectivity index (χ4n) is 1.46. The van der Waals surface area contributed by atoms with Crippen LogP contribution in [-0.2, 0) is 5.88 Å². The number of anilines is 1. The van der Waals surface area contributed by atoms with Crippen molar-refractivity contribution in [3.05, 3.63) is 17.5 Å². The maximum absolute atomic E-state index is 5.80. The Morgan fingerprint density at radius 2 is 2.24 bits per heavy atom. The second kappa shape index (κ2) is 7.07. The van der Waals surface area contributed by atoms with Gasteiger partial charge in [0.2, 0.25) is 5.95 Å². The number of hydrogen-bond donors (Lipinski definition) is 0. The zero-order chi connectivity index (χ0) is 12.8. The number of rotatable bonds is 6. The average molecular weight is 274 g/mol. The van der Waals surface area contributed by atoms with E-state index < -0.39 is 0 Å². The van der Waals surface area contributed by atoms with Crippen molar-refractivity contribution in [1.29, 1.82) is 0 Å². The normalized spacial score (nSPS) is 12.5. The molecule has 5 heteroatoms. The summed E-state index contributed by atoms with van der Waals surface area (Å²) in [6.07, 6.45) is 5.09. The van der Waals surface area contributed by atoms with Crippen LogP contribution in [0.1, 0.15) is 24.6 Å². The first-order valence-electron chi connectivity index (χ1n) is 5.70. The quantitative estimate of drug-likeness (QED) is 0.745. The Bertz CT molecular complexity index is 360. The third-order valence-electron chi connectivity index (χ3n) is 2.93. The van der Waals surface area contributed by atoms with E-state index in [1.54, 1.807) is 0 Å². The van der Waals surface area contributed by atoms with Gasteiger partial charge in [-0.15, -0.1) is 11.6 Å². The van der Waals surface area contributed by atoms with Crippen LogP contribution < -0.4 is 4.90 Å². The van der Waals surface area contributed by atoms with Gasteiger partial charge in [-0.2, -0.15) is 11.8 Å². The molecule has 1 atom stereocenters. The molecule has 0 radical (unpaired) electrons. The monoisotopic (exact) mass is 273 g/mol. The minimum absolute atomic E-state index is 0.448. The van der Waals surface area contributed by atoms with E-state index in [2.05, 4.69) is 28.0 Å². The van der Waals surface area contributed by atoms with E-state index in [-0.39, 0.29) is 0 Å². The number of thioether (sulfide) groups is 1. The van der Waals surface area contributed by atoms with E-state index in [1.165, 1.54) is 0 Å². The summed E-state index contributed by atoms with van der Waals surface area (Å²) in [5.74, 6) is 2.41. The molecule has 0 aliphatic rings. The van der Waals surface area contributed by atoms with Gasteiger partial charge in [0.05, 0.1) is 5.88 Å². The van der Waals surface area contributed by atoms with Crippen molar-refractivity contribution in [2.75, 3.05) is 24.0 Å². The molecule has 0 saturated carbocycles. The average Bonchev–Trinajstić information content (AvgIpc) is 2.34.